The fraction of sp³-hybridized carbons (Fsp3) is 0.292. The normalized spacial score (nSPS) is 16.4. The highest BCUT2D eigenvalue weighted by Crippen LogP contribution is 2.28. The van der Waals surface area contributed by atoms with Gasteiger partial charge in [-0.3, -0.25) is 14.3 Å². The summed E-state index contributed by atoms with van der Waals surface area (Å²) in [5, 5.41) is 3.83. The van der Waals surface area contributed by atoms with Crippen molar-refractivity contribution in [1.29, 1.82) is 0 Å². The molecule has 174 valence electrons. The highest BCUT2D eigenvalue weighted by atomic mass is 19.1. The van der Waals surface area contributed by atoms with Crippen LogP contribution in [0.2, 0.25) is 0 Å². The molecule has 1 atom stereocenters. The number of aromatic nitrogens is 5. The Kier molecular flexibility index (Phi) is 5.89. The molecule has 3 aromatic heterocycles. The van der Waals surface area contributed by atoms with Gasteiger partial charge in [0.2, 0.25) is 5.95 Å². The Bertz CT molecular complexity index is 1370. The Morgan fingerprint density at radius 3 is 2.68 bits per heavy atom. The van der Waals surface area contributed by atoms with Crippen LogP contribution < -0.4 is 10.5 Å². The first-order valence-corrected chi connectivity index (χ1v) is 10.9. The SMILES string of the molecule is Cc1noc(-c2ccc(C3CCN(c4nc(-c5ccncc5F)cc(=O)n4C)CCO3)cc2)n1. The first-order chi connectivity index (χ1) is 16.5. The van der Waals surface area contributed by atoms with Crippen LogP contribution in [0.5, 0.6) is 0 Å². The van der Waals surface area contributed by atoms with Crippen LogP contribution in [-0.4, -0.2) is 44.4 Å². The Balaban J connectivity index is 1.36. The molecule has 0 bridgehead atoms. The zero-order valence-corrected chi connectivity index (χ0v) is 18.8. The molecule has 0 spiro atoms. The van der Waals surface area contributed by atoms with Crippen molar-refractivity contribution in [2.75, 3.05) is 24.6 Å². The van der Waals surface area contributed by atoms with Crippen molar-refractivity contribution in [1.82, 2.24) is 24.7 Å². The Hall–Kier alpha value is -3.92. The quantitative estimate of drug-likeness (QED) is 0.456. The van der Waals surface area contributed by atoms with E-state index in [1.165, 1.54) is 22.9 Å². The third kappa shape index (κ3) is 4.32. The molecule has 0 radical (unpaired) electrons. The zero-order chi connectivity index (χ0) is 23.7. The van der Waals surface area contributed by atoms with E-state index in [4.69, 9.17) is 9.26 Å². The van der Waals surface area contributed by atoms with Gasteiger partial charge >= 0.3 is 0 Å². The summed E-state index contributed by atoms with van der Waals surface area (Å²) in [7, 11) is 1.67. The molecule has 1 unspecified atom stereocenters. The molecule has 1 aliphatic heterocycles. The van der Waals surface area contributed by atoms with E-state index in [0.29, 0.717) is 43.8 Å². The molecule has 10 heteroatoms. The van der Waals surface area contributed by atoms with Gasteiger partial charge in [-0.25, -0.2) is 9.37 Å². The third-order valence-corrected chi connectivity index (χ3v) is 5.84. The summed E-state index contributed by atoms with van der Waals surface area (Å²) < 4.78 is 27.1. The third-order valence-electron chi connectivity index (χ3n) is 5.84. The van der Waals surface area contributed by atoms with Crippen LogP contribution in [0.15, 0.2) is 58.1 Å². The lowest BCUT2D eigenvalue weighted by molar-refractivity contribution is 0.0647. The first-order valence-electron chi connectivity index (χ1n) is 10.9. The molecule has 4 aromatic rings. The summed E-state index contributed by atoms with van der Waals surface area (Å²) in [4.78, 5) is 27.3. The Morgan fingerprint density at radius 2 is 1.94 bits per heavy atom. The first kappa shape index (κ1) is 21.9. The van der Waals surface area contributed by atoms with Gasteiger partial charge < -0.3 is 14.2 Å². The lowest BCUT2D eigenvalue weighted by Crippen LogP contribution is -2.33. The molecule has 5 rings (SSSR count). The topological polar surface area (TPSA) is 99.2 Å². The Labute approximate surface area is 194 Å². The number of pyridine rings is 1. The van der Waals surface area contributed by atoms with Crippen LogP contribution in [0.1, 0.15) is 23.9 Å². The van der Waals surface area contributed by atoms with Gasteiger partial charge in [0.1, 0.15) is 0 Å². The molecule has 0 N–H and O–H groups in total. The van der Waals surface area contributed by atoms with Crippen molar-refractivity contribution in [3.63, 3.8) is 0 Å². The van der Waals surface area contributed by atoms with E-state index < -0.39 is 5.82 Å². The summed E-state index contributed by atoms with van der Waals surface area (Å²) in [6.07, 6.45) is 3.18. The minimum atomic E-state index is -0.521. The highest BCUT2D eigenvalue weighted by molar-refractivity contribution is 5.60. The van der Waals surface area contributed by atoms with Gasteiger partial charge in [0, 0.05) is 43.5 Å². The van der Waals surface area contributed by atoms with E-state index in [2.05, 4.69) is 20.1 Å². The van der Waals surface area contributed by atoms with Crippen molar-refractivity contribution in [2.45, 2.75) is 19.4 Å². The fourth-order valence-corrected chi connectivity index (χ4v) is 4.02. The number of hydrogen-bond acceptors (Lipinski definition) is 8. The molecule has 1 aromatic carbocycles. The second-order valence-electron chi connectivity index (χ2n) is 8.10. The van der Waals surface area contributed by atoms with Crippen LogP contribution in [0.4, 0.5) is 10.3 Å². The minimum absolute atomic E-state index is 0.110. The molecule has 4 heterocycles. The van der Waals surface area contributed by atoms with Gasteiger partial charge in [0.05, 0.1) is 24.6 Å². The fourth-order valence-electron chi connectivity index (χ4n) is 4.02. The molecule has 1 fully saturated rings. The van der Waals surface area contributed by atoms with Crippen LogP contribution in [0, 0.1) is 12.7 Å². The van der Waals surface area contributed by atoms with Gasteiger partial charge in [0.15, 0.2) is 11.6 Å². The largest absolute Gasteiger partial charge is 0.372 e. The monoisotopic (exact) mass is 462 g/mol. The number of halogens is 1. The standard InChI is InChI=1S/C24H23FN6O3/c1-15-27-23(34-29-15)17-5-3-16(4-6-17)21-8-10-31(11-12-33-21)24-28-20(13-22(32)30(24)2)18-7-9-26-14-19(18)25/h3-7,9,13-14,21H,8,10-12H2,1-2H3. The predicted octanol–water partition coefficient (Wildman–Crippen LogP) is 3.31. The lowest BCUT2D eigenvalue weighted by Gasteiger charge is -2.23. The Morgan fingerprint density at radius 1 is 1.12 bits per heavy atom. The summed E-state index contributed by atoms with van der Waals surface area (Å²) >= 11 is 0. The average Bonchev–Trinajstić information content (AvgIpc) is 3.13. The molecule has 0 amide bonds. The van der Waals surface area contributed by atoms with Crippen LogP contribution >= 0.6 is 0 Å². The summed E-state index contributed by atoms with van der Waals surface area (Å²) in [6.45, 7) is 3.41. The molecule has 1 aliphatic rings. The van der Waals surface area contributed by atoms with Crippen molar-refractivity contribution in [3.05, 3.63) is 76.4 Å². The van der Waals surface area contributed by atoms with Gasteiger partial charge in [-0.2, -0.15) is 4.98 Å². The molecule has 0 aliphatic carbocycles. The van der Waals surface area contributed by atoms with Gasteiger partial charge in [-0.15, -0.1) is 0 Å². The second-order valence-corrected chi connectivity index (χ2v) is 8.10. The van der Waals surface area contributed by atoms with E-state index in [1.54, 1.807) is 14.0 Å². The average molecular weight is 462 g/mol. The molecule has 0 saturated carbocycles. The van der Waals surface area contributed by atoms with Crippen molar-refractivity contribution in [3.8, 4) is 22.7 Å². The maximum Gasteiger partial charge on any atom is 0.257 e. The predicted molar refractivity (Wildman–Crippen MR) is 123 cm³/mol. The lowest BCUT2D eigenvalue weighted by atomic mass is 10.0. The molecular weight excluding hydrogens is 439 g/mol. The number of nitrogens with zero attached hydrogens (tertiary/aromatic N) is 6. The van der Waals surface area contributed by atoms with E-state index >= 15 is 0 Å². The number of hydrogen-bond donors (Lipinski definition) is 0. The van der Waals surface area contributed by atoms with Gasteiger partial charge in [-0.05, 0) is 37.1 Å². The molecular formula is C24H23FN6O3. The number of benzene rings is 1. The number of anilines is 1. The van der Waals surface area contributed by atoms with Gasteiger partial charge in [0.25, 0.3) is 11.4 Å². The van der Waals surface area contributed by atoms with Gasteiger partial charge in [-0.1, -0.05) is 17.3 Å². The maximum absolute atomic E-state index is 14.3. The zero-order valence-electron chi connectivity index (χ0n) is 18.8. The van der Waals surface area contributed by atoms with Crippen molar-refractivity contribution >= 4 is 5.95 Å². The van der Waals surface area contributed by atoms with Crippen LogP contribution in [-0.2, 0) is 11.8 Å². The van der Waals surface area contributed by atoms with Crippen LogP contribution in [0.3, 0.4) is 0 Å². The number of rotatable bonds is 4. The van der Waals surface area contributed by atoms with Crippen molar-refractivity contribution in [2.24, 2.45) is 7.05 Å². The van der Waals surface area contributed by atoms with E-state index in [1.807, 2.05) is 29.2 Å². The minimum Gasteiger partial charge on any atom is -0.372 e. The number of ether oxygens (including phenoxy) is 1. The summed E-state index contributed by atoms with van der Waals surface area (Å²) in [5.41, 5.74) is 2.15. The van der Waals surface area contributed by atoms with E-state index in [0.717, 1.165) is 17.3 Å². The highest BCUT2D eigenvalue weighted by Gasteiger charge is 2.23. The van der Waals surface area contributed by atoms with Crippen molar-refractivity contribution < 1.29 is 13.7 Å². The van der Waals surface area contributed by atoms with E-state index in [9.17, 15) is 9.18 Å². The van der Waals surface area contributed by atoms with E-state index in [-0.39, 0.29) is 22.9 Å². The number of aryl methyl sites for hydroxylation is 1. The summed E-state index contributed by atoms with van der Waals surface area (Å²) in [6, 6.07) is 10.7. The molecule has 9 nitrogen and oxygen atoms in total. The second kappa shape index (κ2) is 9.14. The smallest absolute Gasteiger partial charge is 0.257 e. The van der Waals surface area contributed by atoms with Crippen LogP contribution in [0.25, 0.3) is 22.7 Å². The molecule has 1 saturated heterocycles. The molecule has 34 heavy (non-hydrogen) atoms. The maximum atomic E-state index is 14.3. The summed E-state index contributed by atoms with van der Waals surface area (Å²) in [5.74, 6) is 1.03.